The van der Waals surface area contributed by atoms with Gasteiger partial charge in [0.15, 0.2) is 0 Å². The Balaban J connectivity index is 1.71. The van der Waals surface area contributed by atoms with Crippen molar-refractivity contribution in [2.75, 3.05) is 13.1 Å². The van der Waals surface area contributed by atoms with Crippen LogP contribution in [0, 0.1) is 0 Å². The predicted molar refractivity (Wildman–Crippen MR) is 108 cm³/mol. The topological polar surface area (TPSA) is 108 Å². The molecule has 2 aromatic carbocycles. The first-order valence-electron chi connectivity index (χ1n) is 9.56. The summed E-state index contributed by atoms with van der Waals surface area (Å²) >= 11 is 0. The van der Waals surface area contributed by atoms with E-state index < -0.39 is 36.0 Å². The lowest BCUT2D eigenvalue weighted by molar-refractivity contribution is -0.134. The number of amides is 6. The number of imide groups is 2. The third kappa shape index (κ3) is 4.21. The summed E-state index contributed by atoms with van der Waals surface area (Å²) in [6.07, 6.45) is 1.70. The Bertz CT molecular complexity index is 974. The van der Waals surface area contributed by atoms with Crippen molar-refractivity contribution in [3.05, 3.63) is 48.0 Å². The fourth-order valence-electron chi connectivity index (χ4n) is 3.27. The number of unbranched alkanes of at least 4 members (excludes halogenated alkanes) is 1. The van der Waals surface area contributed by atoms with Crippen LogP contribution in [0.1, 0.15) is 32.3 Å². The summed E-state index contributed by atoms with van der Waals surface area (Å²) in [5.74, 6) is -1.27. The van der Waals surface area contributed by atoms with Crippen molar-refractivity contribution >= 4 is 34.6 Å². The van der Waals surface area contributed by atoms with Crippen LogP contribution in [0.3, 0.4) is 0 Å². The van der Waals surface area contributed by atoms with Crippen molar-refractivity contribution < 1.29 is 19.2 Å². The van der Waals surface area contributed by atoms with Gasteiger partial charge in [-0.3, -0.25) is 19.8 Å². The maximum Gasteiger partial charge on any atom is 0.325 e. The van der Waals surface area contributed by atoms with Crippen molar-refractivity contribution in [2.45, 2.75) is 32.2 Å². The number of nitrogens with one attached hydrogen (secondary N) is 3. The maximum absolute atomic E-state index is 13.0. The van der Waals surface area contributed by atoms with Crippen LogP contribution < -0.4 is 16.0 Å². The van der Waals surface area contributed by atoms with Crippen LogP contribution in [0.15, 0.2) is 42.5 Å². The summed E-state index contributed by atoms with van der Waals surface area (Å²) in [6, 6.07) is 11.9. The number of hydrogen-bond donors (Lipinski definition) is 3. The first-order valence-corrected chi connectivity index (χ1v) is 9.56. The van der Waals surface area contributed by atoms with E-state index in [-0.39, 0.29) is 0 Å². The smallest absolute Gasteiger partial charge is 0.325 e. The molecule has 1 aliphatic heterocycles. The summed E-state index contributed by atoms with van der Waals surface area (Å²) in [4.78, 5) is 50.0. The SMILES string of the molecule is CCCCNC(=O)NC(=O)CN1C(=O)N[C@@](C)(c2ccc3ccccc3c2)C1=O. The third-order valence-corrected chi connectivity index (χ3v) is 4.97. The maximum atomic E-state index is 13.0. The minimum Gasteiger partial charge on any atom is -0.338 e. The number of urea groups is 2. The Hall–Kier alpha value is -3.42. The molecule has 8 heteroatoms. The highest BCUT2D eigenvalue weighted by molar-refractivity contribution is 6.10. The Morgan fingerprint density at radius 2 is 1.83 bits per heavy atom. The fourth-order valence-corrected chi connectivity index (χ4v) is 3.27. The van der Waals surface area contributed by atoms with Crippen molar-refractivity contribution in [1.82, 2.24) is 20.9 Å². The van der Waals surface area contributed by atoms with Gasteiger partial charge in [0, 0.05) is 6.54 Å². The summed E-state index contributed by atoms with van der Waals surface area (Å²) in [5, 5.41) is 9.30. The average molecular weight is 396 g/mol. The van der Waals surface area contributed by atoms with Crippen LogP contribution in [0.25, 0.3) is 10.8 Å². The van der Waals surface area contributed by atoms with Crippen molar-refractivity contribution in [3.63, 3.8) is 0 Å². The van der Waals surface area contributed by atoms with Crippen molar-refractivity contribution in [3.8, 4) is 0 Å². The Morgan fingerprint density at radius 1 is 1.10 bits per heavy atom. The molecule has 29 heavy (non-hydrogen) atoms. The normalized spacial score (nSPS) is 18.6. The summed E-state index contributed by atoms with van der Waals surface area (Å²) in [6.45, 7) is 3.50. The Labute approximate surface area is 168 Å². The van der Waals surface area contributed by atoms with E-state index in [1.165, 1.54) is 0 Å². The van der Waals surface area contributed by atoms with Gasteiger partial charge in [-0.2, -0.15) is 0 Å². The van der Waals surface area contributed by atoms with Gasteiger partial charge in [-0.05, 0) is 35.7 Å². The lowest BCUT2D eigenvalue weighted by atomic mass is 9.90. The average Bonchev–Trinajstić information content (AvgIpc) is 2.91. The van der Waals surface area contributed by atoms with Gasteiger partial charge in [-0.25, -0.2) is 9.59 Å². The van der Waals surface area contributed by atoms with Gasteiger partial charge in [0.25, 0.3) is 5.91 Å². The number of benzene rings is 2. The third-order valence-electron chi connectivity index (χ3n) is 4.97. The molecular weight excluding hydrogens is 372 g/mol. The molecule has 1 aliphatic rings. The van der Waals surface area contributed by atoms with E-state index in [4.69, 9.17) is 0 Å². The second-order valence-electron chi connectivity index (χ2n) is 7.17. The number of carbonyl (C=O) groups excluding carboxylic acids is 4. The molecule has 2 aromatic rings. The lowest BCUT2D eigenvalue weighted by Gasteiger charge is -2.22. The van der Waals surface area contributed by atoms with Gasteiger partial charge in [0.05, 0.1) is 0 Å². The van der Waals surface area contributed by atoms with Crippen LogP contribution >= 0.6 is 0 Å². The molecule has 0 spiro atoms. The van der Waals surface area contributed by atoms with Crippen LogP contribution in [0.2, 0.25) is 0 Å². The lowest BCUT2D eigenvalue weighted by Crippen LogP contribution is -2.47. The molecule has 1 fully saturated rings. The van der Waals surface area contributed by atoms with Gasteiger partial charge in [0.2, 0.25) is 5.91 Å². The number of rotatable bonds is 6. The zero-order valence-corrected chi connectivity index (χ0v) is 16.5. The van der Waals surface area contributed by atoms with Gasteiger partial charge in [-0.1, -0.05) is 49.7 Å². The second-order valence-corrected chi connectivity index (χ2v) is 7.17. The van der Waals surface area contributed by atoms with Crippen LogP contribution in [-0.2, 0) is 15.1 Å². The molecule has 3 rings (SSSR count). The van der Waals surface area contributed by atoms with Gasteiger partial charge >= 0.3 is 12.1 Å². The molecule has 0 unspecified atom stereocenters. The molecular formula is C21H24N4O4. The molecule has 1 atom stereocenters. The molecule has 3 N–H and O–H groups in total. The first-order chi connectivity index (χ1) is 13.8. The van der Waals surface area contributed by atoms with Gasteiger partial charge in [-0.15, -0.1) is 0 Å². The van der Waals surface area contributed by atoms with Crippen molar-refractivity contribution in [1.29, 1.82) is 0 Å². The Morgan fingerprint density at radius 3 is 2.55 bits per heavy atom. The summed E-state index contributed by atoms with van der Waals surface area (Å²) in [7, 11) is 0. The van der Waals surface area contributed by atoms with Crippen LogP contribution in [0.5, 0.6) is 0 Å². The predicted octanol–water partition coefficient (Wildman–Crippen LogP) is 2.23. The molecule has 152 valence electrons. The number of carbonyl (C=O) groups is 4. The van der Waals surface area contributed by atoms with E-state index in [1.54, 1.807) is 13.0 Å². The van der Waals surface area contributed by atoms with E-state index in [0.29, 0.717) is 12.1 Å². The monoisotopic (exact) mass is 396 g/mol. The van der Waals surface area contributed by atoms with Crippen LogP contribution in [0.4, 0.5) is 9.59 Å². The highest BCUT2D eigenvalue weighted by Gasteiger charge is 2.49. The van der Waals surface area contributed by atoms with E-state index in [1.807, 2.05) is 43.3 Å². The quantitative estimate of drug-likeness (QED) is 0.514. The summed E-state index contributed by atoms with van der Waals surface area (Å²) in [5.41, 5.74) is -0.667. The second kappa shape index (κ2) is 8.30. The molecule has 0 saturated carbocycles. The van der Waals surface area contributed by atoms with Gasteiger partial charge in [0.1, 0.15) is 12.1 Å². The number of nitrogens with zero attached hydrogens (tertiary/aromatic N) is 1. The molecule has 6 amide bonds. The highest BCUT2D eigenvalue weighted by atomic mass is 16.2. The van der Waals surface area contributed by atoms with E-state index in [9.17, 15) is 19.2 Å². The number of fused-ring (bicyclic) bond motifs is 1. The van der Waals surface area contributed by atoms with E-state index in [2.05, 4.69) is 16.0 Å². The summed E-state index contributed by atoms with van der Waals surface area (Å²) < 4.78 is 0. The van der Waals surface area contributed by atoms with Gasteiger partial charge < -0.3 is 10.6 Å². The zero-order valence-electron chi connectivity index (χ0n) is 16.5. The largest absolute Gasteiger partial charge is 0.338 e. The minimum absolute atomic E-state index is 0.443. The number of hydrogen-bond acceptors (Lipinski definition) is 4. The first kappa shape index (κ1) is 20.3. The van der Waals surface area contributed by atoms with E-state index in [0.717, 1.165) is 28.5 Å². The molecule has 1 heterocycles. The fraction of sp³-hybridized carbons (Fsp3) is 0.333. The van der Waals surface area contributed by atoms with Crippen molar-refractivity contribution in [2.24, 2.45) is 0 Å². The molecule has 1 saturated heterocycles. The molecule has 0 radical (unpaired) electrons. The Kier molecular flexibility index (Phi) is 5.81. The zero-order chi connectivity index (χ0) is 21.0. The molecule has 0 aliphatic carbocycles. The molecule has 0 bridgehead atoms. The van der Waals surface area contributed by atoms with E-state index >= 15 is 0 Å². The molecule has 0 aromatic heterocycles. The van der Waals surface area contributed by atoms with Crippen LogP contribution in [-0.4, -0.2) is 41.9 Å². The minimum atomic E-state index is -1.29. The molecule has 8 nitrogen and oxygen atoms in total. The highest BCUT2D eigenvalue weighted by Crippen LogP contribution is 2.30. The standard InChI is InChI=1S/C21H24N4O4/c1-3-4-11-22-19(28)23-17(26)13-25-18(27)21(2,24-20(25)29)16-10-9-14-7-5-6-8-15(14)12-16/h5-10,12H,3-4,11,13H2,1-2H3,(H,24,29)(H2,22,23,26,28)/t21-/m0/s1.